The van der Waals surface area contributed by atoms with Crippen molar-refractivity contribution in [3.05, 3.63) is 22.4 Å². The number of hydrogen-bond donors (Lipinski definition) is 1. The Balaban J connectivity index is 1.67. The standard InChI is InChI=1S/C15H22BrN3O/c16-12-9-14(19(10-12)13-1-2-13)15(20)18-7-4-11(3-6-17)5-8-18/h9-11,13H,1-8,17H2. The van der Waals surface area contributed by atoms with Crippen molar-refractivity contribution in [2.45, 2.75) is 38.1 Å². The van der Waals surface area contributed by atoms with Crippen molar-refractivity contribution >= 4 is 21.8 Å². The molecule has 0 aromatic carbocycles. The van der Waals surface area contributed by atoms with Gasteiger partial charge in [-0.1, -0.05) is 0 Å². The lowest BCUT2D eigenvalue weighted by atomic mass is 9.93. The highest BCUT2D eigenvalue weighted by Crippen LogP contribution is 2.38. The predicted octanol–water partition coefficient (Wildman–Crippen LogP) is 2.79. The van der Waals surface area contributed by atoms with E-state index in [4.69, 9.17) is 5.73 Å². The summed E-state index contributed by atoms with van der Waals surface area (Å²) in [4.78, 5) is 14.7. The van der Waals surface area contributed by atoms with Crippen LogP contribution in [0.25, 0.3) is 0 Å². The Morgan fingerprint density at radius 3 is 2.60 bits per heavy atom. The first kappa shape index (κ1) is 14.1. The minimum atomic E-state index is 0.189. The summed E-state index contributed by atoms with van der Waals surface area (Å²) in [6.07, 6.45) is 7.71. The molecule has 1 aromatic heterocycles. The average Bonchev–Trinajstić information content (AvgIpc) is 3.22. The molecule has 20 heavy (non-hydrogen) atoms. The first-order valence-electron chi connectivity index (χ1n) is 7.55. The van der Waals surface area contributed by atoms with Gasteiger partial charge in [-0.25, -0.2) is 0 Å². The molecule has 1 aliphatic carbocycles. The summed E-state index contributed by atoms with van der Waals surface area (Å²) in [5.74, 6) is 0.889. The number of hydrogen-bond acceptors (Lipinski definition) is 2. The molecule has 2 aliphatic rings. The van der Waals surface area contributed by atoms with E-state index in [1.165, 1.54) is 12.8 Å². The van der Waals surface area contributed by atoms with Crippen LogP contribution >= 0.6 is 15.9 Å². The Morgan fingerprint density at radius 2 is 2.00 bits per heavy atom. The number of piperidine rings is 1. The SMILES string of the molecule is NCCC1CCN(C(=O)c2cc(Br)cn2C2CC2)CC1. The third-order valence-corrected chi connectivity index (χ3v) is 4.88. The number of carbonyl (C=O) groups is 1. The Kier molecular flexibility index (Phi) is 4.17. The monoisotopic (exact) mass is 339 g/mol. The Bertz CT molecular complexity index is 487. The largest absolute Gasteiger partial charge is 0.339 e. The Hall–Kier alpha value is -0.810. The molecule has 0 spiro atoms. The Labute approximate surface area is 128 Å². The first-order chi connectivity index (χ1) is 9.69. The van der Waals surface area contributed by atoms with Crippen molar-refractivity contribution in [1.29, 1.82) is 0 Å². The highest BCUT2D eigenvalue weighted by Gasteiger charge is 2.30. The van der Waals surface area contributed by atoms with Gasteiger partial charge in [-0.3, -0.25) is 4.79 Å². The van der Waals surface area contributed by atoms with E-state index >= 15 is 0 Å². The maximum atomic E-state index is 12.7. The highest BCUT2D eigenvalue weighted by atomic mass is 79.9. The number of amides is 1. The molecule has 0 atom stereocenters. The van der Waals surface area contributed by atoms with Crippen LogP contribution in [0.5, 0.6) is 0 Å². The van der Waals surface area contributed by atoms with E-state index in [0.717, 1.165) is 49.1 Å². The van der Waals surface area contributed by atoms with Crippen LogP contribution in [0.4, 0.5) is 0 Å². The van der Waals surface area contributed by atoms with Crippen molar-refractivity contribution in [3.8, 4) is 0 Å². The summed E-state index contributed by atoms with van der Waals surface area (Å²) >= 11 is 3.50. The van der Waals surface area contributed by atoms with Gasteiger partial charge in [-0.15, -0.1) is 0 Å². The molecule has 110 valence electrons. The molecule has 0 radical (unpaired) electrons. The zero-order valence-corrected chi connectivity index (χ0v) is 13.3. The van der Waals surface area contributed by atoms with Crippen molar-refractivity contribution < 1.29 is 4.79 Å². The molecule has 3 rings (SSSR count). The van der Waals surface area contributed by atoms with E-state index in [0.29, 0.717) is 12.0 Å². The second-order valence-corrected chi connectivity index (χ2v) is 6.91. The van der Waals surface area contributed by atoms with Crippen molar-refractivity contribution in [2.24, 2.45) is 11.7 Å². The van der Waals surface area contributed by atoms with Crippen molar-refractivity contribution in [2.75, 3.05) is 19.6 Å². The number of likely N-dealkylation sites (tertiary alicyclic amines) is 1. The van der Waals surface area contributed by atoms with Gasteiger partial charge >= 0.3 is 0 Å². The number of aromatic nitrogens is 1. The normalized spacial score (nSPS) is 20.4. The van der Waals surface area contributed by atoms with Crippen LogP contribution in [-0.4, -0.2) is 35.0 Å². The quantitative estimate of drug-likeness (QED) is 0.916. The summed E-state index contributed by atoms with van der Waals surface area (Å²) in [5, 5.41) is 0. The van der Waals surface area contributed by atoms with Gasteiger partial charge < -0.3 is 15.2 Å². The Morgan fingerprint density at radius 1 is 1.30 bits per heavy atom. The van der Waals surface area contributed by atoms with Crippen LogP contribution in [0, 0.1) is 5.92 Å². The van der Waals surface area contributed by atoms with Crippen LogP contribution < -0.4 is 5.73 Å². The lowest BCUT2D eigenvalue weighted by molar-refractivity contribution is 0.0677. The zero-order valence-electron chi connectivity index (χ0n) is 11.7. The molecule has 0 unspecified atom stereocenters. The number of carbonyl (C=O) groups excluding carboxylic acids is 1. The molecule has 1 saturated heterocycles. The average molecular weight is 340 g/mol. The minimum absolute atomic E-state index is 0.189. The maximum absolute atomic E-state index is 12.7. The third kappa shape index (κ3) is 2.93. The van der Waals surface area contributed by atoms with Gasteiger partial charge in [0.15, 0.2) is 0 Å². The van der Waals surface area contributed by atoms with Gasteiger partial charge in [0.05, 0.1) is 0 Å². The minimum Gasteiger partial charge on any atom is -0.339 e. The number of nitrogens with two attached hydrogens (primary N) is 1. The molecule has 1 aromatic rings. The first-order valence-corrected chi connectivity index (χ1v) is 8.35. The molecule has 0 bridgehead atoms. The third-order valence-electron chi connectivity index (χ3n) is 4.45. The van der Waals surface area contributed by atoms with Crippen molar-refractivity contribution in [3.63, 3.8) is 0 Å². The van der Waals surface area contributed by atoms with Crippen LogP contribution in [0.2, 0.25) is 0 Å². The molecule has 4 nitrogen and oxygen atoms in total. The van der Waals surface area contributed by atoms with Crippen molar-refractivity contribution in [1.82, 2.24) is 9.47 Å². The highest BCUT2D eigenvalue weighted by molar-refractivity contribution is 9.10. The van der Waals surface area contributed by atoms with E-state index in [2.05, 4.69) is 20.5 Å². The van der Waals surface area contributed by atoms with E-state index < -0.39 is 0 Å². The van der Waals surface area contributed by atoms with Gasteiger partial charge in [0, 0.05) is 29.8 Å². The zero-order chi connectivity index (χ0) is 14.1. The molecule has 2 N–H and O–H groups in total. The fourth-order valence-corrected chi connectivity index (χ4v) is 3.53. The molecule has 1 aliphatic heterocycles. The second kappa shape index (κ2) is 5.90. The van der Waals surface area contributed by atoms with Gasteiger partial charge in [-0.2, -0.15) is 0 Å². The van der Waals surface area contributed by atoms with Gasteiger partial charge in [-0.05, 0) is 66.6 Å². The van der Waals surface area contributed by atoms with Gasteiger partial charge in [0.1, 0.15) is 5.69 Å². The van der Waals surface area contributed by atoms with E-state index in [-0.39, 0.29) is 5.91 Å². The number of rotatable bonds is 4. The molecule has 2 heterocycles. The van der Waals surface area contributed by atoms with Crippen LogP contribution in [0.15, 0.2) is 16.7 Å². The molecule has 5 heteroatoms. The predicted molar refractivity (Wildman–Crippen MR) is 82.7 cm³/mol. The van der Waals surface area contributed by atoms with E-state index in [9.17, 15) is 4.79 Å². The summed E-state index contributed by atoms with van der Waals surface area (Å²) in [6.45, 7) is 2.50. The summed E-state index contributed by atoms with van der Waals surface area (Å²) < 4.78 is 3.16. The molecule has 2 fully saturated rings. The topological polar surface area (TPSA) is 51.3 Å². The lowest BCUT2D eigenvalue weighted by Gasteiger charge is -2.32. The molecule has 1 amide bonds. The number of nitrogens with zero attached hydrogens (tertiary/aromatic N) is 2. The van der Waals surface area contributed by atoms with Crippen LogP contribution in [-0.2, 0) is 0 Å². The van der Waals surface area contributed by atoms with Gasteiger partial charge in [0.2, 0.25) is 0 Å². The fourth-order valence-electron chi connectivity index (χ4n) is 3.09. The molecular formula is C15H22BrN3O. The summed E-state index contributed by atoms with van der Waals surface area (Å²) in [5.41, 5.74) is 6.46. The van der Waals surface area contributed by atoms with Crippen LogP contribution in [0.3, 0.4) is 0 Å². The second-order valence-electron chi connectivity index (χ2n) is 5.99. The smallest absolute Gasteiger partial charge is 0.270 e. The lowest BCUT2D eigenvalue weighted by Crippen LogP contribution is -2.39. The van der Waals surface area contributed by atoms with E-state index in [1.807, 2.05) is 17.2 Å². The summed E-state index contributed by atoms with van der Waals surface area (Å²) in [7, 11) is 0. The molecular weight excluding hydrogens is 318 g/mol. The van der Waals surface area contributed by atoms with Gasteiger partial charge in [0.25, 0.3) is 5.91 Å². The van der Waals surface area contributed by atoms with E-state index in [1.54, 1.807) is 0 Å². The maximum Gasteiger partial charge on any atom is 0.270 e. The fraction of sp³-hybridized carbons (Fsp3) is 0.667. The molecule has 1 saturated carbocycles. The van der Waals surface area contributed by atoms with Crippen LogP contribution in [0.1, 0.15) is 48.6 Å². The summed E-state index contributed by atoms with van der Waals surface area (Å²) in [6, 6.07) is 2.50. The number of halogens is 1.